The Morgan fingerprint density at radius 2 is 2.27 bits per heavy atom. The molecule has 118 valence electrons. The Kier molecular flexibility index (Phi) is 4.08. The summed E-state index contributed by atoms with van der Waals surface area (Å²) < 4.78 is 13.4. The minimum Gasteiger partial charge on any atom is -0.392 e. The molecule has 0 unspecified atom stereocenters. The van der Waals surface area contributed by atoms with Crippen LogP contribution in [-0.2, 0) is 4.79 Å². The number of benzene rings is 1. The van der Waals surface area contributed by atoms with E-state index in [0.717, 1.165) is 5.56 Å². The summed E-state index contributed by atoms with van der Waals surface area (Å²) in [5.41, 5.74) is 0.732. The minimum absolute atomic E-state index is 0.0334. The zero-order chi connectivity index (χ0) is 15.7. The van der Waals surface area contributed by atoms with Crippen LogP contribution in [0.3, 0.4) is 0 Å². The topological polar surface area (TPSA) is 72.9 Å². The van der Waals surface area contributed by atoms with E-state index in [-0.39, 0.29) is 30.3 Å². The molecule has 2 N–H and O–H groups in total. The lowest BCUT2D eigenvalue weighted by Crippen LogP contribution is -2.42. The monoisotopic (exact) mass is 307 g/mol. The van der Waals surface area contributed by atoms with Crippen molar-refractivity contribution in [3.05, 3.63) is 35.6 Å². The fraction of sp³-hybridized carbons (Fsp3) is 0.467. The van der Waals surface area contributed by atoms with Crippen LogP contribution in [0.5, 0.6) is 0 Å². The molecule has 0 aliphatic carbocycles. The van der Waals surface area contributed by atoms with Crippen LogP contribution < -0.4 is 5.32 Å². The largest absolute Gasteiger partial charge is 0.392 e. The molecule has 0 spiro atoms. The van der Waals surface area contributed by atoms with Crippen LogP contribution in [0.1, 0.15) is 18.0 Å². The van der Waals surface area contributed by atoms with Crippen molar-refractivity contribution in [1.29, 1.82) is 0 Å². The molecule has 3 amide bonds. The van der Waals surface area contributed by atoms with Gasteiger partial charge in [-0.25, -0.2) is 9.18 Å². The van der Waals surface area contributed by atoms with Gasteiger partial charge in [0, 0.05) is 25.7 Å². The summed E-state index contributed by atoms with van der Waals surface area (Å²) in [5, 5.41) is 12.5. The number of aliphatic hydroxyl groups is 1. The first-order chi connectivity index (χ1) is 10.5. The molecule has 7 heteroatoms. The van der Waals surface area contributed by atoms with Crippen LogP contribution in [0.15, 0.2) is 24.3 Å². The van der Waals surface area contributed by atoms with E-state index in [4.69, 9.17) is 0 Å². The maximum absolute atomic E-state index is 13.4. The van der Waals surface area contributed by atoms with Gasteiger partial charge in [0.05, 0.1) is 12.6 Å². The normalized spacial score (nSPS) is 25.5. The molecule has 2 saturated heterocycles. The van der Waals surface area contributed by atoms with E-state index in [9.17, 15) is 19.1 Å². The summed E-state index contributed by atoms with van der Waals surface area (Å²) >= 11 is 0. The minimum atomic E-state index is -0.562. The number of hydrogen-bond acceptors (Lipinski definition) is 4. The summed E-state index contributed by atoms with van der Waals surface area (Å²) in [6.45, 7) is 1.19. The summed E-state index contributed by atoms with van der Waals surface area (Å²) in [4.78, 5) is 26.7. The number of nitrogens with zero attached hydrogens (tertiary/aromatic N) is 2. The molecule has 3 rings (SSSR count). The molecule has 1 aromatic carbocycles. The van der Waals surface area contributed by atoms with E-state index >= 15 is 0 Å². The lowest BCUT2D eigenvalue weighted by atomic mass is 10.0. The number of imide groups is 1. The van der Waals surface area contributed by atoms with Crippen molar-refractivity contribution in [2.75, 3.05) is 26.2 Å². The van der Waals surface area contributed by atoms with Gasteiger partial charge in [0.2, 0.25) is 5.91 Å². The summed E-state index contributed by atoms with van der Waals surface area (Å²) in [6, 6.07) is 5.57. The maximum atomic E-state index is 13.4. The third-order valence-corrected chi connectivity index (χ3v) is 4.11. The zero-order valence-corrected chi connectivity index (χ0v) is 12.0. The van der Waals surface area contributed by atoms with Gasteiger partial charge < -0.3 is 10.4 Å². The van der Waals surface area contributed by atoms with E-state index in [1.807, 2.05) is 0 Å². The summed E-state index contributed by atoms with van der Waals surface area (Å²) in [7, 11) is 0. The van der Waals surface area contributed by atoms with Gasteiger partial charge in [0.25, 0.3) is 0 Å². The second kappa shape index (κ2) is 6.02. The number of rotatable bonds is 3. The number of likely N-dealkylation sites (tertiary alicyclic amines) is 1. The van der Waals surface area contributed by atoms with Gasteiger partial charge in [-0.15, -0.1) is 0 Å². The Labute approximate surface area is 127 Å². The fourth-order valence-electron chi connectivity index (χ4n) is 3.08. The van der Waals surface area contributed by atoms with E-state index in [1.54, 1.807) is 17.0 Å². The molecule has 0 bridgehead atoms. The number of amides is 3. The van der Waals surface area contributed by atoms with Crippen molar-refractivity contribution in [3.8, 4) is 0 Å². The fourth-order valence-corrected chi connectivity index (χ4v) is 3.08. The van der Waals surface area contributed by atoms with Crippen molar-refractivity contribution in [2.24, 2.45) is 0 Å². The third-order valence-electron chi connectivity index (χ3n) is 4.11. The van der Waals surface area contributed by atoms with Crippen molar-refractivity contribution in [1.82, 2.24) is 15.1 Å². The number of urea groups is 1. The molecule has 2 aliphatic heterocycles. The SMILES string of the molecule is O=C(CN1C[C@H](O)C[C@H]1c1cccc(F)c1)N1CCNC1=O. The first-order valence-electron chi connectivity index (χ1n) is 7.30. The number of carbonyl (C=O) groups is 2. The highest BCUT2D eigenvalue weighted by atomic mass is 19.1. The highest BCUT2D eigenvalue weighted by Gasteiger charge is 2.35. The van der Waals surface area contributed by atoms with Gasteiger partial charge >= 0.3 is 6.03 Å². The van der Waals surface area contributed by atoms with Crippen LogP contribution in [-0.4, -0.2) is 59.1 Å². The summed E-state index contributed by atoms with van der Waals surface area (Å²) in [5.74, 6) is -0.644. The van der Waals surface area contributed by atoms with Crippen molar-refractivity contribution in [3.63, 3.8) is 0 Å². The Bertz CT molecular complexity index is 595. The molecule has 22 heavy (non-hydrogen) atoms. The van der Waals surface area contributed by atoms with Gasteiger partial charge in [-0.2, -0.15) is 0 Å². The van der Waals surface area contributed by atoms with Crippen LogP contribution >= 0.6 is 0 Å². The molecule has 1 aromatic rings. The predicted molar refractivity (Wildman–Crippen MR) is 76.4 cm³/mol. The number of nitrogens with one attached hydrogen (secondary N) is 1. The summed E-state index contributed by atoms with van der Waals surface area (Å²) in [6.07, 6.45) is -0.114. The highest BCUT2D eigenvalue weighted by Crippen LogP contribution is 2.32. The van der Waals surface area contributed by atoms with Gasteiger partial charge in [0.15, 0.2) is 0 Å². The van der Waals surface area contributed by atoms with Gasteiger partial charge in [-0.3, -0.25) is 14.6 Å². The predicted octanol–water partition coefficient (Wildman–Crippen LogP) is 0.485. The Hall–Kier alpha value is -1.99. The van der Waals surface area contributed by atoms with Crippen molar-refractivity contribution in [2.45, 2.75) is 18.6 Å². The van der Waals surface area contributed by atoms with Crippen LogP contribution in [0, 0.1) is 5.82 Å². The smallest absolute Gasteiger partial charge is 0.324 e. The van der Waals surface area contributed by atoms with Gasteiger partial charge in [-0.1, -0.05) is 12.1 Å². The zero-order valence-electron chi connectivity index (χ0n) is 12.0. The maximum Gasteiger partial charge on any atom is 0.324 e. The first-order valence-corrected chi connectivity index (χ1v) is 7.30. The average Bonchev–Trinajstić information content (AvgIpc) is 3.05. The van der Waals surface area contributed by atoms with E-state index in [0.29, 0.717) is 26.1 Å². The molecular formula is C15H18FN3O3. The number of halogens is 1. The van der Waals surface area contributed by atoms with Crippen molar-refractivity contribution < 1.29 is 19.1 Å². The molecular weight excluding hydrogens is 289 g/mol. The lowest BCUT2D eigenvalue weighted by molar-refractivity contribution is -0.129. The standard InChI is InChI=1S/C15H18FN3O3/c16-11-3-1-2-10(6-11)13-7-12(20)8-18(13)9-14(21)19-5-4-17-15(19)22/h1-3,6,12-13,20H,4-5,7-9H2,(H,17,22)/t12-,13+/m1/s1. The van der Waals surface area contributed by atoms with Gasteiger partial charge in [-0.05, 0) is 24.1 Å². The van der Waals surface area contributed by atoms with E-state index < -0.39 is 6.10 Å². The highest BCUT2D eigenvalue weighted by molar-refractivity contribution is 5.96. The second-order valence-electron chi connectivity index (χ2n) is 5.67. The third kappa shape index (κ3) is 2.95. The average molecular weight is 307 g/mol. The molecule has 2 fully saturated rings. The molecule has 0 radical (unpaired) electrons. The Balaban J connectivity index is 1.73. The molecule has 2 heterocycles. The molecule has 0 saturated carbocycles. The van der Waals surface area contributed by atoms with Crippen LogP contribution in [0.4, 0.5) is 9.18 Å². The first kappa shape index (κ1) is 14.9. The Morgan fingerprint density at radius 1 is 1.45 bits per heavy atom. The van der Waals surface area contributed by atoms with Crippen LogP contribution in [0.2, 0.25) is 0 Å². The lowest BCUT2D eigenvalue weighted by Gasteiger charge is -2.25. The number of hydrogen-bond donors (Lipinski definition) is 2. The van der Waals surface area contributed by atoms with Crippen molar-refractivity contribution >= 4 is 11.9 Å². The Morgan fingerprint density at radius 3 is 2.95 bits per heavy atom. The van der Waals surface area contributed by atoms with Gasteiger partial charge in [0.1, 0.15) is 5.82 Å². The molecule has 2 atom stereocenters. The number of β-amino-alcohol motifs (C(OH)–C–C–N with tert-alkyl or cyclic N) is 1. The van der Waals surface area contributed by atoms with E-state index in [2.05, 4.69) is 5.32 Å². The second-order valence-corrected chi connectivity index (χ2v) is 5.67. The molecule has 2 aliphatic rings. The van der Waals surface area contributed by atoms with E-state index in [1.165, 1.54) is 17.0 Å². The number of carbonyl (C=O) groups excluding carboxylic acids is 2. The number of aliphatic hydroxyl groups excluding tert-OH is 1. The molecule has 6 nitrogen and oxygen atoms in total. The quantitative estimate of drug-likeness (QED) is 0.852. The van der Waals surface area contributed by atoms with Crippen LogP contribution in [0.25, 0.3) is 0 Å². The molecule has 0 aromatic heterocycles.